The van der Waals surface area contributed by atoms with Crippen molar-refractivity contribution in [3.05, 3.63) is 100 Å². The predicted molar refractivity (Wildman–Crippen MR) is 148 cm³/mol. The summed E-state index contributed by atoms with van der Waals surface area (Å²) in [6.45, 7) is 0.589. The Labute approximate surface area is 233 Å². The van der Waals surface area contributed by atoms with Gasteiger partial charge in [-0.25, -0.2) is 4.79 Å². The number of rotatable bonds is 7. The van der Waals surface area contributed by atoms with Crippen molar-refractivity contribution in [3.63, 3.8) is 0 Å². The Balaban J connectivity index is 1.38. The lowest BCUT2D eigenvalue weighted by Crippen LogP contribution is -2.02. The Morgan fingerprint density at radius 1 is 0.875 bits per heavy atom. The van der Waals surface area contributed by atoms with Gasteiger partial charge in [0.05, 0.1) is 0 Å². The molecular weight excluding hydrogens is 534 g/mol. The van der Waals surface area contributed by atoms with Gasteiger partial charge in [-0.15, -0.1) is 0 Å². The molecule has 2 aliphatic rings. The molecule has 4 aromatic carbocycles. The summed E-state index contributed by atoms with van der Waals surface area (Å²) in [6, 6.07) is 22.4. The van der Waals surface area contributed by atoms with Crippen LogP contribution in [-0.2, 0) is 13.0 Å². The molecule has 0 saturated heterocycles. The molecule has 0 saturated carbocycles. The second kappa shape index (κ2) is 9.73. The third kappa shape index (κ3) is 4.23. The number of ether oxygens (including phenoxy) is 5. The molecule has 3 heterocycles. The summed E-state index contributed by atoms with van der Waals surface area (Å²) in [5.74, 6) is 2.12. The topological polar surface area (TPSA) is 99.2 Å². The monoisotopic (exact) mass is 555 g/mol. The van der Waals surface area contributed by atoms with E-state index in [2.05, 4.69) is 4.98 Å². The summed E-state index contributed by atoms with van der Waals surface area (Å²) in [7, 11) is 0. The van der Waals surface area contributed by atoms with Crippen molar-refractivity contribution in [3.8, 4) is 39.9 Å². The number of carboxylic acid groups (broad SMARTS) is 1. The molecule has 40 heavy (non-hydrogen) atoms. The van der Waals surface area contributed by atoms with Gasteiger partial charge in [0.25, 0.3) is 0 Å². The van der Waals surface area contributed by atoms with Crippen LogP contribution in [0.4, 0.5) is 0 Å². The van der Waals surface area contributed by atoms with Crippen LogP contribution in [-0.4, -0.2) is 29.6 Å². The van der Waals surface area contributed by atoms with Crippen LogP contribution in [0.5, 0.6) is 28.7 Å². The number of aromatic amines is 1. The van der Waals surface area contributed by atoms with Gasteiger partial charge >= 0.3 is 5.97 Å². The first-order valence-electron chi connectivity index (χ1n) is 12.6. The summed E-state index contributed by atoms with van der Waals surface area (Å²) in [4.78, 5) is 15.5. The van der Waals surface area contributed by atoms with E-state index in [0.717, 1.165) is 27.6 Å². The number of benzene rings is 4. The molecule has 1 aromatic heterocycles. The van der Waals surface area contributed by atoms with Gasteiger partial charge < -0.3 is 33.8 Å². The van der Waals surface area contributed by atoms with E-state index in [-0.39, 0.29) is 25.9 Å². The van der Waals surface area contributed by atoms with Gasteiger partial charge in [0.15, 0.2) is 23.0 Å². The molecule has 0 radical (unpaired) electrons. The van der Waals surface area contributed by atoms with Gasteiger partial charge in [-0.1, -0.05) is 48.0 Å². The first-order chi connectivity index (χ1) is 19.5. The van der Waals surface area contributed by atoms with Crippen molar-refractivity contribution < 1.29 is 33.6 Å². The van der Waals surface area contributed by atoms with Crippen molar-refractivity contribution in [2.45, 2.75) is 13.0 Å². The van der Waals surface area contributed by atoms with E-state index in [9.17, 15) is 9.90 Å². The lowest BCUT2D eigenvalue weighted by atomic mass is 9.94. The molecule has 5 aromatic rings. The lowest BCUT2D eigenvalue weighted by molar-refractivity contribution is 0.0692. The van der Waals surface area contributed by atoms with E-state index >= 15 is 0 Å². The number of carbonyl (C=O) groups is 1. The molecule has 7 rings (SSSR count). The second-order valence-electron chi connectivity index (χ2n) is 9.46. The van der Waals surface area contributed by atoms with Crippen LogP contribution in [0.2, 0.25) is 5.02 Å². The molecule has 0 bridgehead atoms. The van der Waals surface area contributed by atoms with E-state index in [1.54, 1.807) is 6.07 Å². The van der Waals surface area contributed by atoms with E-state index in [0.29, 0.717) is 51.3 Å². The number of hydrogen-bond donors (Lipinski definition) is 2. The average Bonchev–Trinajstić information content (AvgIpc) is 3.71. The maximum atomic E-state index is 12.4. The minimum atomic E-state index is -1.05. The zero-order valence-corrected chi connectivity index (χ0v) is 21.8. The first kappa shape index (κ1) is 24.2. The molecule has 9 heteroatoms. The van der Waals surface area contributed by atoms with Crippen LogP contribution < -0.4 is 23.7 Å². The van der Waals surface area contributed by atoms with Crippen LogP contribution >= 0.6 is 11.6 Å². The van der Waals surface area contributed by atoms with Gasteiger partial charge in [-0.2, -0.15) is 0 Å². The highest BCUT2D eigenvalue weighted by atomic mass is 35.5. The Kier molecular flexibility index (Phi) is 5.90. The SMILES string of the molecule is O=C(O)c1[nH]c2ccc(OCc3ccc4c(c3)OCO4)c(Cc3cc4c(cc3Cl)OCO4)c2c1-c1ccccc1. The Hall–Kier alpha value is -4.82. The van der Waals surface area contributed by atoms with Crippen molar-refractivity contribution in [1.29, 1.82) is 0 Å². The number of fused-ring (bicyclic) bond motifs is 3. The van der Waals surface area contributed by atoms with Crippen molar-refractivity contribution in [1.82, 2.24) is 4.98 Å². The lowest BCUT2D eigenvalue weighted by Gasteiger charge is -2.16. The van der Waals surface area contributed by atoms with Gasteiger partial charge in [-0.3, -0.25) is 0 Å². The van der Waals surface area contributed by atoms with E-state index in [1.807, 2.05) is 66.7 Å². The fourth-order valence-electron chi connectivity index (χ4n) is 5.18. The van der Waals surface area contributed by atoms with E-state index in [4.69, 9.17) is 35.3 Å². The van der Waals surface area contributed by atoms with Crippen LogP contribution in [0.25, 0.3) is 22.0 Å². The minimum absolute atomic E-state index is 0.104. The molecule has 2 N–H and O–H groups in total. The maximum Gasteiger partial charge on any atom is 0.352 e. The number of carboxylic acids is 1. The molecule has 0 fully saturated rings. The van der Waals surface area contributed by atoms with E-state index in [1.165, 1.54) is 0 Å². The number of aromatic carboxylic acids is 1. The highest BCUT2D eigenvalue weighted by molar-refractivity contribution is 6.31. The van der Waals surface area contributed by atoms with Crippen molar-refractivity contribution in [2.24, 2.45) is 0 Å². The number of H-pyrrole nitrogens is 1. The number of nitrogens with one attached hydrogen (secondary N) is 1. The standard InChI is InChI=1S/C31H22ClNO7/c32-21-13-27-26(39-16-40-27)12-19(21)11-20-23(36-14-17-6-8-24-25(10-17)38-15-37-24)9-7-22-29(20)28(30(33-22)31(34)35)18-4-2-1-3-5-18/h1-10,12-13,33H,11,14-16H2,(H,34,35). The fourth-order valence-corrected chi connectivity index (χ4v) is 5.40. The van der Waals surface area contributed by atoms with Crippen molar-refractivity contribution in [2.75, 3.05) is 13.6 Å². The van der Waals surface area contributed by atoms with Gasteiger partial charge in [0, 0.05) is 39.5 Å². The summed E-state index contributed by atoms with van der Waals surface area (Å²) in [5.41, 5.74) is 4.64. The highest BCUT2D eigenvalue weighted by Gasteiger charge is 2.25. The van der Waals surface area contributed by atoms with Gasteiger partial charge in [-0.05, 0) is 47.0 Å². The molecule has 0 amide bonds. The Morgan fingerprint density at radius 2 is 1.60 bits per heavy atom. The van der Waals surface area contributed by atoms with E-state index < -0.39 is 5.97 Å². The minimum Gasteiger partial charge on any atom is -0.489 e. The molecule has 200 valence electrons. The molecule has 2 aliphatic heterocycles. The summed E-state index contributed by atoms with van der Waals surface area (Å²) in [6.07, 6.45) is 0.361. The number of aromatic nitrogens is 1. The predicted octanol–water partition coefficient (Wildman–Crippen LogP) is 6.81. The van der Waals surface area contributed by atoms with Crippen LogP contribution in [0.1, 0.15) is 27.2 Å². The van der Waals surface area contributed by atoms with Gasteiger partial charge in [0.1, 0.15) is 18.1 Å². The summed E-state index contributed by atoms with van der Waals surface area (Å²) >= 11 is 6.70. The zero-order chi connectivity index (χ0) is 27.2. The second-order valence-corrected chi connectivity index (χ2v) is 9.87. The third-order valence-corrected chi connectivity index (χ3v) is 7.40. The summed E-state index contributed by atoms with van der Waals surface area (Å²) in [5, 5.41) is 11.4. The molecule has 8 nitrogen and oxygen atoms in total. The third-order valence-electron chi connectivity index (χ3n) is 7.05. The normalized spacial score (nSPS) is 13.1. The van der Waals surface area contributed by atoms with Crippen LogP contribution in [0, 0.1) is 0 Å². The van der Waals surface area contributed by atoms with Crippen molar-refractivity contribution >= 4 is 28.5 Å². The molecule has 0 unspecified atom stereocenters. The average molecular weight is 556 g/mol. The molecule has 0 aliphatic carbocycles. The number of hydrogen-bond acceptors (Lipinski definition) is 6. The quantitative estimate of drug-likeness (QED) is 0.227. The molecular formula is C31H22ClNO7. The fraction of sp³-hybridized carbons (Fsp3) is 0.129. The zero-order valence-electron chi connectivity index (χ0n) is 21.0. The Bertz CT molecular complexity index is 1780. The van der Waals surface area contributed by atoms with Gasteiger partial charge in [0.2, 0.25) is 13.6 Å². The molecule has 0 spiro atoms. The highest BCUT2D eigenvalue weighted by Crippen LogP contribution is 2.43. The van der Waals surface area contributed by atoms with Crippen LogP contribution in [0.15, 0.2) is 72.8 Å². The summed E-state index contributed by atoms with van der Waals surface area (Å²) < 4.78 is 28.4. The molecule has 0 atom stereocenters. The largest absolute Gasteiger partial charge is 0.489 e. The smallest absolute Gasteiger partial charge is 0.352 e. The Morgan fingerprint density at radius 3 is 2.38 bits per heavy atom. The first-order valence-corrected chi connectivity index (χ1v) is 13.0. The number of halogens is 1. The van der Waals surface area contributed by atoms with Crippen LogP contribution in [0.3, 0.4) is 0 Å². The maximum absolute atomic E-state index is 12.4.